The number of benzene rings is 2. The maximum Gasteiger partial charge on any atom is 0.317 e. The molecule has 8 heteroatoms. The van der Waals surface area contributed by atoms with Crippen molar-refractivity contribution in [2.24, 2.45) is 0 Å². The van der Waals surface area contributed by atoms with Crippen LogP contribution < -0.4 is 15.4 Å². The van der Waals surface area contributed by atoms with Crippen LogP contribution in [0.4, 0.5) is 10.5 Å². The van der Waals surface area contributed by atoms with Gasteiger partial charge in [-0.05, 0) is 81.1 Å². The van der Waals surface area contributed by atoms with Crippen molar-refractivity contribution in [1.82, 2.24) is 15.4 Å². The van der Waals surface area contributed by atoms with Crippen molar-refractivity contribution in [1.29, 1.82) is 0 Å². The van der Waals surface area contributed by atoms with Crippen LogP contribution in [-0.2, 0) is 4.79 Å². The van der Waals surface area contributed by atoms with Crippen molar-refractivity contribution in [3.05, 3.63) is 58.5 Å². The van der Waals surface area contributed by atoms with Crippen molar-refractivity contribution in [3.63, 3.8) is 0 Å². The summed E-state index contributed by atoms with van der Waals surface area (Å²) in [7, 11) is 3.23. The highest BCUT2D eigenvalue weighted by Crippen LogP contribution is 2.35. The van der Waals surface area contributed by atoms with E-state index in [1.54, 1.807) is 14.1 Å². The molecule has 174 valence electrons. The topological polar surface area (TPSA) is 96.7 Å². The zero-order valence-corrected chi connectivity index (χ0v) is 20.1. The number of ether oxygens (including phenoxy) is 1. The molecule has 0 unspecified atom stereocenters. The number of carbonyl (C=O) groups excluding carboxylic acids is 2. The third-order valence-corrected chi connectivity index (χ3v) is 5.14. The summed E-state index contributed by atoms with van der Waals surface area (Å²) in [6.45, 7) is 9.57. The number of hydrogen-bond donors (Lipinski definition) is 2. The second-order valence-corrected chi connectivity index (χ2v) is 8.38. The third kappa shape index (κ3) is 5.71. The molecular weight excluding hydrogens is 420 g/mol. The molecule has 3 aromatic rings. The zero-order chi connectivity index (χ0) is 24.3. The van der Waals surface area contributed by atoms with E-state index in [1.807, 2.05) is 58.9 Å². The standard InChI is InChI=1S/C25H30N4O4/c1-14-8-19(23-17(4)28-33-18(23)5)12-21(9-14)32-24-15(2)10-20(11-16(24)3)27-22(30)13-26-25(31)29(6)7/h8-12H,13H2,1-7H3,(H,26,31)(H,27,30). The number of carbonyl (C=O) groups is 2. The lowest BCUT2D eigenvalue weighted by Crippen LogP contribution is -2.39. The van der Waals surface area contributed by atoms with Crippen molar-refractivity contribution in [3.8, 4) is 22.6 Å². The zero-order valence-electron chi connectivity index (χ0n) is 20.1. The number of hydrogen-bond acceptors (Lipinski definition) is 5. The van der Waals surface area contributed by atoms with Gasteiger partial charge in [0, 0.05) is 25.3 Å². The van der Waals surface area contributed by atoms with Gasteiger partial charge in [-0.1, -0.05) is 11.2 Å². The number of nitrogens with one attached hydrogen (secondary N) is 2. The van der Waals surface area contributed by atoms with Crippen LogP contribution in [0.3, 0.4) is 0 Å². The first-order valence-electron chi connectivity index (χ1n) is 10.6. The fraction of sp³-hybridized carbons (Fsp3) is 0.320. The predicted octanol–water partition coefficient (Wildman–Crippen LogP) is 4.89. The quantitative estimate of drug-likeness (QED) is 0.558. The van der Waals surface area contributed by atoms with Gasteiger partial charge in [-0.15, -0.1) is 0 Å². The first kappa shape index (κ1) is 23.8. The van der Waals surface area contributed by atoms with E-state index in [0.717, 1.165) is 45.0 Å². The van der Waals surface area contributed by atoms with Crippen LogP contribution in [0.1, 0.15) is 28.1 Å². The first-order chi connectivity index (χ1) is 15.5. The van der Waals surface area contributed by atoms with Gasteiger partial charge >= 0.3 is 6.03 Å². The molecule has 0 bridgehead atoms. The molecule has 8 nitrogen and oxygen atoms in total. The molecule has 0 saturated heterocycles. The molecule has 0 spiro atoms. The van der Waals surface area contributed by atoms with Crippen LogP contribution >= 0.6 is 0 Å². The Bertz CT molecular complexity index is 1150. The van der Waals surface area contributed by atoms with E-state index in [9.17, 15) is 9.59 Å². The molecule has 0 fully saturated rings. The van der Waals surface area contributed by atoms with Crippen LogP contribution in [0, 0.1) is 34.6 Å². The Balaban J connectivity index is 1.79. The molecule has 2 N–H and O–H groups in total. The SMILES string of the molecule is Cc1cc(Oc2c(C)cc(NC(=O)CNC(=O)N(C)C)cc2C)cc(-c2c(C)noc2C)c1. The molecule has 3 rings (SSSR count). The van der Waals surface area contributed by atoms with Gasteiger partial charge in [0.1, 0.15) is 17.3 Å². The summed E-state index contributed by atoms with van der Waals surface area (Å²) in [5.41, 5.74) is 6.24. The lowest BCUT2D eigenvalue weighted by atomic mass is 10.0. The van der Waals surface area contributed by atoms with Crippen molar-refractivity contribution in [2.75, 3.05) is 26.0 Å². The molecule has 2 aromatic carbocycles. The average Bonchev–Trinajstić information content (AvgIpc) is 3.06. The maximum absolute atomic E-state index is 12.2. The fourth-order valence-corrected chi connectivity index (χ4v) is 3.67. The monoisotopic (exact) mass is 450 g/mol. The second-order valence-electron chi connectivity index (χ2n) is 8.38. The minimum atomic E-state index is -0.324. The highest BCUT2D eigenvalue weighted by atomic mass is 16.5. The minimum Gasteiger partial charge on any atom is -0.457 e. The lowest BCUT2D eigenvalue weighted by molar-refractivity contribution is -0.115. The summed E-state index contributed by atoms with van der Waals surface area (Å²) in [4.78, 5) is 25.2. The van der Waals surface area contributed by atoms with E-state index in [4.69, 9.17) is 9.26 Å². The van der Waals surface area contributed by atoms with Crippen molar-refractivity contribution < 1.29 is 18.8 Å². The van der Waals surface area contributed by atoms with Crippen molar-refractivity contribution >= 4 is 17.6 Å². The molecule has 0 aliphatic rings. The Hall–Kier alpha value is -3.81. The number of aryl methyl sites for hydroxylation is 5. The Morgan fingerprint density at radius 1 is 1.00 bits per heavy atom. The van der Waals surface area contributed by atoms with Crippen LogP contribution in [0.2, 0.25) is 0 Å². The summed E-state index contributed by atoms with van der Waals surface area (Å²) < 4.78 is 11.6. The van der Waals surface area contributed by atoms with Crippen LogP contribution in [0.5, 0.6) is 11.5 Å². The third-order valence-electron chi connectivity index (χ3n) is 5.14. The first-order valence-corrected chi connectivity index (χ1v) is 10.6. The molecule has 0 saturated carbocycles. The minimum absolute atomic E-state index is 0.110. The van der Waals surface area contributed by atoms with Gasteiger partial charge in [0.25, 0.3) is 0 Å². The molecule has 1 aromatic heterocycles. The molecule has 1 heterocycles. The number of aromatic nitrogens is 1. The number of rotatable bonds is 6. The Morgan fingerprint density at radius 3 is 2.24 bits per heavy atom. The summed E-state index contributed by atoms with van der Waals surface area (Å²) in [6, 6.07) is 9.39. The molecule has 0 aliphatic carbocycles. The molecule has 33 heavy (non-hydrogen) atoms. The van der Waals surface area contributed by atoms with Gasteiger partial charge in [0.15, 0.2) is 0 Å². The Labute approximate surface area is 193 Å². The molecular formula is C25H30N4O4. The smallest absolute Gasteiger partial charge is 0.317 e. The lowest BCUT2D eigenvalue weighted by Gasteiger charge is -2.16. The van der Waals surface area contributed by atoms with Gasteiger partial charge in [0.05, 0.1) is 12.2 Å². The highest BCUT2D eigenvalue weighted by Gasteiger charge is 2.15. The van der Waals surface area contributed by atoms with Gasteiger partial charge in [-0.25, -0.2) is 4.79 Å². The molecule has 0 aliphatic heterocycles. The summed E-state index contributed by atoms with van der Waals surface area (Å²) in [5, 5.41) is 9.41. The number of amides is 3. The van der Waals surface area contributed by atoms with Gasteiger partial charge in [-0.3, -0.25) is 4.79 Å². The van der Waals surface area contributed by atoms with E-state index in [2.05, 4.69) is 21.9 Å². The molecule has 0 radical (unpaired) electrons. The van der Waals surface area contributed by atoms with E-state index in [-0.39, 0.29) is 18.5 Å². The van der Waals surface area contributed by atoms with E-state index >= 15 is 0 Å². The average molecular weight is 451 g/mol. The number of urea groups is 1. The highest BCUT2D eigenvalue weighted by molar-refractivity contribution is 5.94. The van der Waals surface area contributed by atoms with E-state index in [1.165, 1.54) is 4.90 Å². The Morgan fingerprint density at radius 2 is 1.67 bits per heavy atom. The van der Waals surface area contributed by atoms with E-state index < -0.39 is 0 Å². The van der Waals surface area contributed by atoms with Crippen LogP contribution in [0.25, 0.3) is 11.1 Å². The normalized spacial score (nSPS) is 10.6. The Kier molecular flexibility index (Phi) is 7.06. The predicted molar refractivity (Wildman–Crippen MR) is 128 cm³/mol. The second kappa shape index (κ2) is 9.77. The van der Waals surface area contributed by atoms with Gasteiger partial charge < -0.3 is 24.8 Å². The van der Waals surface area contributed by atoms with Crippen LogP contribution in [-0.4, -0.2) is 42.6 Å². The summed E-state index contributed by atoms with van der Waals surface area (Å²) in [6.07, 6.45) is 0. The number of anilines is 1. The summed E-state index contributed by atoms with van der Waals surface area (Å²) >= 11 is 0. The summed E-state index contributed by atoms with van der Waals surface area (Å²) in [5.74, 6) is 1.89. The van der Waals surface area contributed by atoms with E-state index in [0.29, 0.717) is 11.4 Å². The van der Waals surface area contributed by atoms with Gasteiger partial charge in [0.2, 0.25) is 5.91 Å². The maximum atomic E-state index is 12.2. The molecule has 3 amide bonds. The fourth-order valence-electron chi connectivity index (χ4n) is 3.67. The van der Waals surface area contributed by atoms with Crippen LogP contribution in [0.15, 0.2) is 34.9 Å². The number of nitrogens with zero attached hydrogens (tertiary/aromatic N) is 2. The largest absolute Gasteiger partial charge is 0.457 e. The van der Waals surface area contributed by atoms with Crippen molar-refractivity contribution in [2.45, 2.75) is 34.6 Å². The molecule has 0 atom stereocenters. The van der Waals surface area contributed by atoms with Gasteiger partial charge in [-0.2, -0.15) is 0 Å².